The summed E-state index contributed by atoms with van der Waals surface area (Å²) in [6.45, 7) is 5.68. The Kier molecular flexibility index (Phi) is 5.23. The number of hydrogen-bond acceptors (Lipinski definition) is 4. The molecule has 0 saturated carbocycles. The lowest BCUT2D eigenvalue weighted by atomic mass is 10.0. The highest BCUT2D eigenvalue weighted by molar-refractivity contribution is 5.96. The fourth-order valence-electron chi connectivity index (χ4n) is 3.44. The van der Waals surface area contributed by atoms with Crippen molar-refractivity contribution in [3.05, 3.63) is 71.9 Å². The number of hydrogen-bond donors (Lipinski definition) is 1. The van der Waals surface area contributed by atoms with Crippen LogP contribution >= 0.6 is 0 Å². The molecule has 0 aliphatic heterocycles. The number of amides is 1. The van der Waals surface area contributed by atoms with E-state index in [1.807, 2.05) is 81.6 Å². The number of anilines is 1. The zero-order valence-corrected chi connectivity index (χ0v) is 17.5. The predicted molar refractivity (Wildman–Crippen MR) is 119 cm³/mol. The van der Waals surface area contributed by atoms with Crippen molar-refractivity contribution in [2.75, 3.05) is 5.32 Å². The molecule has 2 aromatic heterocycles. The van der Waals surface area contributed by atoms with Crippen LogP contribution in [0.4, 0.5) is 5.69 Å². The van der Waals surface area contributed by atoms with Crippen molar-refractivity contribution >= 4 is 22.6 Å². The van der Waals surface area contributed by atoms with E-state index >= 15 is 0 Å². The van der Waals surface area contributed by atoms with E-state index in [1.54, 1.807) is 11.6 Å². The maximum Gasteiger partial charge on any atom is 0.265 e. The summed E-state index contributed by atoms with van der Waals surface area (Å²) in [5.41, 5.74) is 5.51. The minimum atomic E-state index is -0.714. The van der Waals surface area contributed by atoms with Crippen molar-refractivity contribution in [2.24, 2.45) is 7.05 Å². The second-order valence-corrected chi connectivity index (χ2v) is 7.40. The Labute approximate surface area is 175 Å². The number of nitrogens with zero attached hydrogens (tertiary/aromatic N) is 3. The SMILES string of the molecule is Cc1ccc(NC(=O)[C@H](C)Oc2cc(-c3ccccc3)c3c(C)nn(C)c3n2)cc1. The van der Waals surface area contributed by atoms with Gasteiger partial charge >= 0.3 is 0 Å². The molecule has 2 aromatic carbocycles. The molecule has 1 atom stereocenters. The minimum Gasteiger partial charge on any atom is -0.464 e. The Morgan fingerprint density at radius 2 is 1.77 bits per heavy atom. The highest BCUT2D eigenvalue weighted by Gasteiger charge is 2.19. The standard InChI is InChI=1S/C24H24N4O2/c1-15-10-12-19(13-11-15)25-24(29)17(3)30-21-14-20(18-8-6-5-7-9-18)22-16(2)27-28(4)23(22)26-21/h5-14,17H,1-4H3,(H,25,29)/t17-/m0/s1. The van der Waals surface area contributed by atoms with E-state index in [0.717, 1.165) is 39.1 Å². The Morgan fingerprint density at radius 3 is 2.47 bits per heavy atom. The number of pyridine rings is 1. The van der Waals surface area contributed by atoms with E-state index in [9.17, 15) is 4.79 Å². The largest absolute Gasteiger partial charge is 0.464 e. The monoisotopic (exact) mass is 400 g/mol. The zero-order chi connectivity index (χ0) is 21.3. The first kappa shape index (κ1) is 19.6. The molecule has 0 bridgehead atoms. The van der Waals surface area contributed by atoms with E-state index < -0.39 is 6.10 Å². The highest BCUT2D eigenvalue weighted by atomic mass is 16.5. The first-order valence-electron chi connectivity index (χ1n) is 9.86. The van der Waals surface area contributed by atoms with Crippen LogP contribution in [0.3, 0.4) is 0 Å². The van der Waals surface area contributed by atoms with Crippen LogP contribution in [0.2, 0.25) is 0 Å². The van der Waals surface area contributed by atoms with E-state index in [4.69, 9.17) is 4.74 Å². The molecule has 0 aliphatic rings. The normalized spacial score (nSPS) is 12.0. The van der Waals surface area contributed by atoms with Gasteiger partial charge in [0.1, 0.15) is 0 Å². The number of ether oxygens (including phenoxy) is 1. The summed E-state index contributed by atoms with van der Waals surface area (Å²) >= 11 is 0. The number of nitrogens with one attached hydrogen (secondary N) is 1. The molecular formula is C24H24N4O2. The predicted octanol–water partition coefficient (Wildman–Crippen LogP) is 4.66. The highest BCUT2D eigenvalue weighted by Crippen LogP contribution is 2.33. The molecule has 0 unspecified atom stereocenters. The lowest BCUT2D eigenvalue weighted by Gasteiger charge is -2.15. The third-order valence-electron chi connectivity index (χ3n) is 5.02. The minimum absolute atomic E-state index is 0.233. The summed E-state index contributed by atoms with van der Waals surface area (Å²) in [6, 6.07) is 19.6. The van der Waals surface area contributed by atoms with Crippen molar-refractivity contribution in [3.8, 4) is 17.0 Å². The quantitative estimate of drug-likeness (QED) is 0.529. The fourth-order valence-corrected chi connectivity index (χ4v) is 3.44. The third kappa shape index (κ3) is 3.89. The summed E-state index contributed by atoms with van der Waals surface area (Å²) in [5, 5.41) is 8.37. The van der Waals surface area contributed by atoms with Crippen LogP contribution in [0.25, 0.3) is 22.2 Å². The van der Waals surface area contributed by atoms with Crippen LogP contribution in [0.5, 0.6) is 5.88 Å². The molecule has 152 valence electrons. The van der Waals surface area contributed by atoms with Crippen molar-refractivity contribution in [2.45, 2.75) is 26.9 Å². The molecule has 1 amide bonds. The van der Waals surface area contributed by atoms with Crippen LogP contribution in [-0.4, -0.2) is 26.8 Å². The molecule has 0 aliphatic carbocycles. The summed E-state index contributed by atoms with van der Waals surface area (Å²) in [7, 11) is 1.86. The van der Waals surface area contributed by atoms with Crippen LogP contribution < -0.4 is 10.1 Å². The number of carbonyl (C=O) groups is 1. The molecular weight excluding hydrogens is 376 g/mol. The lowest BCUT2D eigenvalue weighted by molar-refractivity contribution is -0.122. The molecule has 6 nitrogen and oxygen atoms in total. The second kappa shape index (κ2) is 7.99. The Morgan fingerprint density at radius 1 is 1.07 bits per heavy atom. The van der Waals surface area contributed by atoms with Crippen molar-refractivity contribution in [3.63, 3.8) is 0 Å². The van der Waals surface area contributed by atoms with E-state index in [0.29, 0.717) is 5.88 Å². The molecule has 0 fully saturated rings. The van der Waals surface area contributed by atoms with Gasteiger partial charge in [0.05, 0.1) is 11.1 Å². The van der Waals surface area contributed by atoms with Gasteiger partial charge in [0, 0.05) is 18.8 Å². The molecule has 4 rings (SSSR count). The molecule has 1 N–H and O–H groups in total. The smallest absolute Gasteiger partial charge is 0.265 e. The van der Waals surface area contributed by atoms with Crippen molar-refractivity contribution in [1.82, 2.24) is 14.8 Å². The Bertz CT molecular complexity index is 1200. The van der Waals surface area contributed by atoms with Gasteiger partial charge in [-0.15, -0.1) is 0 Å². The maximum absolute atomic E-state index is 12.6. The number of carbonyl (C=O) groups excluding carboxylic acids is 1. The number of aromatic nitrogens is 3. The van der Waals surface area contributed by atoms with Crippen molar-refractivity contribution < 1.29 is 9.53 Å². The van der Waals surface area contributed by atoms with Crippen molar-refractivity contribution in [1.29, 1.82) is 0 Å². The summed E-state index contributed by atoms with van der Waals surface area (Å²) < 4.78 is 7.68. The van der Waals surface area contributed by atoms with Crippen LogP contribution in [0.15, 0.2) is 60.7 Å². The molecule has 4 aromatic rings. The van der Waals surface area contributed by atoms with Gasteiger partial charge in [-0.05, 0) is 44.0 Å². The zero-order valence-electron chi connectivity index (χ0n) is 17.5. The van der Waals surface area contributed by atoms with E-state index in [1.165, 1.54) is 0 Å². The number of rotatable bonds is 5. The summed E-state index contributed by atoms with van der Waals surface area (Å²) in [5.74, 6) is 0.152. The fraction of sp³-hybridized carbons (Fsp3) is 0.208. The van der Waals surface area contributed by atoms with Gasteiger partial charge < -0.3 is 10.1 Å². The summed E-state index contributed by atoms with van der Waals surface area (Å²) in [4.78, 5) is 17.2. The van der Waals surface area contributed by atoms with Crippen LogP contribution in [-0.2, 0) is 11.8 Å². The molecule has 0 radical (unpaired) electrons. The van der Waals surface area contributed by atoms with Crippen LogP contribution in [0.1, 0.15) is 18.2 Å². The van der Waals surface area contributed by atoms with E-state index in [-0.39, 0.29) is 5.91 Å². The van der Waals surface area contributed by atoms with Gasteiger partial charge in [0.15, 0.2) is 11.8 Å². The lowest BCUT2D eigenvalue weighted by Crippen LogP contribution is -2.30. The van der Waals surface area contributed by atoms with Gasteiger partial charge in [-0.1, -0.05) is 48.0 Å². The average Bonchev–Trinajstić information content (AvgIpc) is 3.03. The second-order valence-electron chi connectivity index (χ2n) is 7.40. The molecule has 0 saturated heterocycles. The van der Waals surface area contributed by atoms with Gasteiger partial charge in [-0.3, -0.25) is 9.48 Å². The van der Waals surface area contributed by atoms with Gasteiger partial charge in [-0.25, -0.2) is 0 Å². The maximum atomic E-state index is 12.6. The first-order chi connectivity index (χ1) is 14.4. The van der Waals surface area contributed by atoms with Gasteiger partial charge in [0.2, 0.25) is 5.88 Å². The number of fused-ring (bicyclic) bond motifs is 1. The summed E-state index contributed by atoms with van der Waals surface area (Å²) in [6.07, 6.45) is -0.714. The van der Waals surface area contributed by atoms with E-state index in [2.05, 4.69) is 15.4 Å². The van der Waals surface area contributed by atoms with Crippen LogP contribution in [0, 0.1) is 13.8 Å². The number of benzene rings is 2. The Hall–Kier alpha value is -3.67. The Balaban J connectivity index is 1.65. The van der Waals surface area contributed by atoms with Gasteiger partial charge in [-0.2, -0.15) is 10.1 Å². The molecule has 0 spiro atoms. The van der Waals surface area contributed by atoms with Gasteiger partial charge in [0.25, 0.3) is 5.91 Å². The third-order valence-corrected chi connectivity index (χ3v) is 5.02. The first-order valence-corrected chi connectivity index (χ1v) is 9.86. The topological polar surface area (TPSA) is 69.0 Å². The molecule has 30 heavy (non-hydrogen) atoms. The molecule has 2 heterocycles. The molecule has 6 heteroatoms. The average molecular weight is 400 g/mol. The number of aryl methyl sites for hydroxylation is 3.